The van der Waals surface area contributed by atoms with E-state index in [0.717, 1.165) is 4.90 Å². The molecule has 1 aliphatic rings. The first-order valence-electron chi connectivity index (χ1n) is 6.95. The lowest BCUT2D eigenvalue weighted by Gasteiger charge is -2.11. The Labute approximate surface area is 136 Å². The summed E-state index contributed by atoms with van der Waals surface area (Å²) in [6, 6.07) is 11.0. The Morgan fingerprint density at radius 1 is 1.00 bits per heavy atom. The number of urea groups is 1. The van der Waals surface area contributed by atoms with Gasteiger partial charge in [-0.25, -0.2) is 14.5 Å². The van der Waals surface area contributed by atoms with Crippen LogP contribution in [0.15, 0.2) is 54.2 Å². The highest BCUT2D eigenvalue weighted by Crippen LogP contribution is 2.23. The second-order valence-electron chi connectivity index (χ2n) is 5.07. The zero-order valence-corrected chi connectivity index (χ0v) is 12.3. The molecule has 0 unspecified atom stereocenters. The fourth-order valence-corrected chi connectivity index (χ4v) is 2.26. The molecule has 3 rings (SSSR count). The fraction of sp³-hybridized carbons (Fsp3) is 0. The first-order chi connectivity index (χ1) is 11.5. The first-order valence-corrected chi connectivity index (χ1v) is 6.95. The van der Waals surface area contributed by atoms with Crippen molar-refractivity contribution >= 4 is 29.7 Å². The van der Waals surface area contributed by atoms with Crippen molar-refractivity contribution in [1.82, 2.24) is 5.32 Å². The van der Waals surface area contributed by atoms with Crippen molar-refractivity contribution in [3.63, 3.8) is 0 Å². The predicted octanol–water partition coefficient (Wildman–Crippen LogP) is 2.19. The van der Waals surface area contributed by atoms with Gasteiger partial charge >= 0.3 is 12.0 Å². The lowest BCUT2D eigenvalue weighted by atomic mass is 10.1. The van der Waals surface area contributed by atoms with Gasteiger partial charge in [-0.15, -0.1) is 0 Å². The first kappa shape index (κ1) is 15.3. The van der Waals surface area contributed by atoms with Crippen molar-refractivity contribution in [2.75, 3.05) is 4.90 Å². The van der Waals surface area contributed by atoms with Crippen molar-refractivity contribution in [1.29, 1.82) is 0 Å². The van der Waals surface area contributed by atoms with Gasteiger partial charge in [0, 0.05) is 0 Å². The average Bonchev–Trinajstić information content (AvgIpc) is 2.83. The fourth-order valence-electron chi connectivity index (χ4n) is 2.26. The maximum Gasteiger partial charge on any atom is 0.335 e. The minimum Gasteiger partial charge on any atom is -0.508 e. The number of phenols is 1. The molecule has 7 nitrogen and oxygen atoms in total. The molecule has 1 heterocycles. The van der Waals surface area contributed by atoms with E-state index in [1.165, 1.54) is 42.5 Å². The zero-order valence-electron chi connectivity index (χ0n) is 12.3. The van der Waals surface area contributed by atoms with Crippen molar-refractivity contribution in [2.24, 2.45) is 0 Å². The van der Waals surface area contributed by atoms with E-state index in [9.17, 15) is 19.5 Å². The molecule has 120 valence electrons. The van der Waals surface area contributed by atoms with Crippen LogP contribution in [0.25, 0.3) is 6.08 Å². The van der Waals surface area contributed by atoms with Crippen molar-refractivity contribution in [2.45, 2.75) is 0 Å². The standard InChI is InChI=1S/C17H12N2O5/c20-13-7-1-10(2-8-13)9-14-15(21)19(17(24)18-14)12-5-3-11(4-6-12)16(22)23/h1-9,20H,(H,18,24)(H,22,23)/b14-9-. The Morgan fingerprint density at radius 3 is 2.21 bits per heavy atom. The summed E-state index contributed by atoms with van der Waals surface area (Å²) in [5.41, 5.74) is 1.06. The van der Waals surface area contributed by atoms with Crippen LogP contribution in [-0.2, 0) is 4.79 Å². The predicted molar refractivity (Wildman–Crippen MR) is 85.5 cm³/mol. The molecule has 2 aromatic carbocycles. The summed E-state index contributed by atoms with van der Waals surface area (Å²) in [7, 11) is 0. The van der Waals surface area contributed by atoms with Crippen molar-refractivity contribution in [3.8, 4) is 5.75 Å². The maximum atomic E-state index is 12.4. The molecule has 7 heteroatoms. The lowest BCUT2D eigenvalue weighted by Crippen LogP contribution is -2.30. The number of hydrogen-bond acceptors (Lipinski definition) is 4. The van der Waals surface area contributed by atoms with E-state index in [1.807, 2.05) is 0 Å². The van der Waals surface area contributed by atoms with Gasteiger partial charge in [0.15, 0.2) is 0 Å². The molecule has 3 amide bonds. The third-order valence-corrected chi connectivity index (χ3v) is 3.45. The number of carbonyl (C=O) groups is 3. The van der Waals surface area contributed by atoms with Crippen LogP contribution in [0.4, 0.5) is 10.5 Å². The molecule has 0 aliphatic carbocycles. The van der Waals surface area contributed by atoms with Gasteiger partial charge in [-0.1, -0.05) is 12.1 Å². The quantitative estimate of drug-likeness (QED) is 0.592. The summed E-state index contributed by atoms with van der Waals surface area (Å²) in [5.74, 6) is -1.54. The molecule has 1 fully saturated rings. The number of rotatable bonds is 3. The zero-order chi connectivity index (χ0) is 17.3. The Morgan fingerprint density at radius 2 is 1.62 bits per heavy atom. The monoisotopic (exact) mass is 324 g/mol. The second-order valence-corrected chi connectivity index (χ2v) is 5.07. The number of nitrogens with one attached hydrogen (secondary N) is 1. The van der Waals surface area contributed by atoms with Crippen molar-refractivity contribution in [3.05, 3.63) is 65.4 Å². The topological polar surface area (TPSA) is 107 Å². The average molecular weight is 324 g/mol. The molecular weight excluding hydrogens is 312 g/mol. The lowest BCUT2D eigenvalue weighted by molar-refractivity contribution is -0.113. The number of aromatic hydroxyl groups is 1. The van der Waals surface area contributed by atoms with Crippen LogP contribution in [0, 0.1) is 0 Å². The summed E-state index contributed by atoms with van der Waals surface area (Å²) in [5, 5.41) is 20.6. The van der Waals surface area contributed by atoms with Crippen LogP contribution in [0.3, 0.4) is 0 Å². The Balaban J connectivity index is 1.88. The van der Waals surface area contributed by atoms with Crippen molar-refractivity contribution < 1.29 is 24.6 Å². The number of imide groups is 1. The number of anilines is 1. The number of nitrogens with zero attached hydrogens (tertiary/aromatic N) is 1. The van der Waals surface area contributed by atoms with E-state index in [2.05, 4.69) is 5.32 Å². The molecule has 24 heavy (non-hydrogen) atoms. The van der Waals surface area contributed by atoms with Crippen LogP contribution in [0.5, 0.6) is 5.75 Å². The van der Waals surface area contributed by atoms with E-state index in [-0.39, 0.29) is 22.7 Å². The molecule has 1 aliphatic heterocycles. The highest BCUT2D eigenvalue weighted by molar-refractivity contribution is 6.28. The van der Waals surface area contributed by atoms with Gasteiger partial charge in [-0.2, -0.15) is 0 Å². The normalized spacial score (nSPS) is 15.7. The molecule has 0 bridgehead atoms. The Hall–Kier alpha value is -3.61. The highest BCUT2D eigenvalue weighted by atomic mass is 16.4. The van der Waals surface area contributed by atoms with Gasteiger partial charge in [-0.05, 0) is 48.0 Å². The smallest absolute Gasteiger partial charge is 0.335 e. The van der Waals surface area contributed by atoms with Crippen LogP contribution < -0.4 is 10.2 Å². The van der Waals surface area contributed by atoms with Crippen LogP contribution >= 0.6 is 0 Å². The van der Waals surface area contributed by atoms with E-state index in [4.69, 9.17) is 5.11 Å². The molecule has 0 aromatic heterocycles. The molecule has 0 radical (unpaired) electrons. The molecule has 0 saturated carbocycles. The van der Waals surface area contributed by atoms with Gasteiger partial charge < -0.3 is 15.5 Å². The number of hydrogen-bond donors (Lipinski definition) is 3. The summed E-state index contributed by atoms with van der Waals surface area (Å²) < 4.78 is 0. The third kappa shape index (κ3) is 2.82. The molecule has 3 N–H and O–H groups in total. The number of benzene rings is 2. The minimum atomic E-state index is -1.09. The maximum absolute atomic E-state index is 12.4. The molecular formula is C17H12N2O5. The highest BCUT2D eigenvalue weighted by Gasteiger charge is 2.34. The summed E-state index contributed by atoms with van der Waals surface area (Å²) in [6.45, 7) is 0. The second kappa shape index (κ2) is 5.88. The Kier molecular flexibility index (Phi) is 3.75. The van der Waals surface area contributed by atoms with Gasteiger partial charge in [-0.3, -0.25) is 4.79 Å². The van der Waals surface area contributed by atoms with Crippen LogP contribution in [0.1, 0.15) is 15.9 Å². The molecule has 1 saturated heterocycles. The van der Waals surface area contributed by atoms with E-state index in [0.29, 0.717) is 5.56 Å². The minimum absolute atomic E-state index is 0.0608. The number of amides is 3. The van der Waals surface area contributed by atoms with E-state index in [1.54, 1.807) is 12.1 Å². The molecule has 0 spiro atoms. The number of phenolic OH excluding ortho intramolecular Hbond substituents is 1. The number of carboxylic acids is 1. The number of carbonyl (C=O) groups excluding carboxylic acids is 2. The van der Waals surface area contributed by atoms with Gasteiger partial charge in [0.2, 0.25) is 0 Å². The van der Waals surface area contributed by atoms with Gasteiger partial charge in [0.25, 0.3) is 5.91 Å². The SMILES string of the molecule is O=C(O)c1ccc(N2C(=O)N/C(=C\c3ccc(O)cc3)C2=O)cc1. The number of aromatic carboxylic acids is 1. The largest absolute Gasteiger partial charge is 0.508 e. The van der Waals surface area contributed by atoms with E-state index >= 15 is 0 Å². The third-order valence-electron chi connectivity index (χ3n) is 3.45. The molecule has 0 atom stereocenters. The summed E-state index contributed by atoms with van der Waals surface area (Å²) in [4.78, 5) is 36.3. The van der Waals surface area contributed by atoms with Crippen LogP contribution in [-0.4, -0.2) is 28.1 Å². The van der Waals surface area contributed by atoms with Crippen LogP contribution in [0.2, 0.25) is 0 Å². The summed E-state index contributed by atoms with van der Waals surface area (Å²) in [6.07, 6.45) is 1.49. The summed E-state index contributed by atoms with van der Waals surface area (Å²) >= 11 is 0. The molecule has 2 aromatic rings. The number of carboxylic acid groups (broad SMARTS) is 1. The van der Waals surface area contributed by atoms with Gasteiger partial charge in [0.1, 0.15) is 11.4 Å². The van der Waals surface area contributed by atoms with Gasteiger partial charge in [0.05, 0.1) is 11.3 Å². The Bertz CT molecular complexity index is 854. The van der Waals surface area contributed by atoms with E-state index < -0.39 is 17.9 Å².